The van der Waals surface area contributed by atoms with Crippen molar-refractivity contribution in [3.63, 3.8) is 0 Å². The van der Waals surface area contributed by atoms with E-state index in [0.717, 1.165) is 10.6 Å². The van der Waals surface area contributed by atoms with Crippen LogP contribution in [0.3, 0.4) is 0 Å². The van der Waals surface area contributed by atoms with Crippen molar-refractivity contribution < 1.29 is 0 Å². The van der Waals surface area contributed by atoms with Gasteiger partial charge in [-0.25, -0.2) is 0 Å². The van der Waals surface area contributed by atoms with Gasteiger partial charge >= 0.3 is 54.7 Å². The molecule has 2 atom stereocenters. The van der Waals surface area contributed by atoms with Gasteiger partial charge in [-0.1, -0.05) is 0 Å². The van der Waals surface area contributed by atoms with Crippen LogP contribution in [0.5, 0.6) is 0 Å². The first-order valence-electron chi connectivity index (χ1n) is 2.94. The minimum atomic E-state index is 0.894. The Morgan fingerprint density at radius 2 is 1.86 bits per heavy atom. The maximum absolute atomic E-state index is 2.29. The average Bonchev–Trinajstić information content (AvgIpc) is 1.65. The fourth-order valence-corrected chi connectivity index (χ4v) is 0.471. The molecular formula is C6H15As. The van der Waals surface area contributed by atoms with Crippen LogP contribution in [0.15, 0.2) is 0 Å². The van der Waals surface area contributed by atoms with E-state index in [2.05, 4.69) is 20.8 Å². The summed E-state index contributed by atoms with van der Waals surface area (Å²) >= 11 is 1.88. The molecule has 0 spiro atoms. The Balaban J connectivity index is 3.14. The second-order valence-corrected chi connectivity index (χ2v) is 4.11. The molecule has 0 aromatic heterocycles. The third-order valence-electron chi connectivity index (χ3n) is 1.33. The molecule has 1 heteroatoms. The number of hydrogen-bond acceptors (Lipinski definition) is 0. The molecule has 0 aliphatic heterocycles. The van der Waals surface area contributed by atoms with Crippen LogP contribution in [-0.2, 0) is 0 Å². The van der Waals surface area contributed by atoms with Crippen molar-refractivity contribution in [1.29, 1.82) is 0 Å². The van der Waals surface area contributed by atoms with Gasteiger partial charge in [-0.2, -0.15) is 0 Å². The number of hydrogen-bond donors (Lipinski definition) is 0. The van der Waals surface area contributed by atoms with Crippen LogP contribution in [-0.4, -0.2) is 16.9 Å². The molecular weight excluding hydrogens is 147 g/mol. The molecule has 0 aliphatic carbocycles. The Labute approximate surface area is 55.2 Å². The fourth-order valence-electron chi connectivity index (χ4n) is 0.471. The maximum atomic E-state index is 2.29. The van der Waals surface area contributed by atoms with Crippen LogP contribution in [0, 0.1) is 5.92 Å². The van der Waals surface area contributed by atoms with E-state index in [9.17, 15) is 0 Å². The molecule has 0 fully saturated rings. The van der Waals surface area contributed by atoms with E-state index in [1.165, 1.54) is 6.42 Å². The van der Waals surface area contributed by atoms with Crippen LogP contribution >= 0.6 is 0 Å². The zero-order valence-electron chi connectivity index (χ0n) is 5.44. The predicted molar refractivity (Wildman–Crippen MR) is 37.4 cm³/mol. The van der Waals surface area contributed by atoms with Crippen LogP contribution < -0.4 is 0 Å². The molecule has 0 N–H and O–H groups in total. The van der Waals surface area contributed by atoms with Gasteiger partial charge < -0.3 is 0 Å². The van der Waals surface area contributed by atoms with Gasteiger partial charge in [0.2, 0.25) is 0 Å². The molecule has 44 valence electrons. The molecule has 0 rings (SSSR count). The van der Waals surface area contributed by atoms with Crippen LogP contribution in [0.25, 0.3) is 0 Å². The van der Waals surface area contributed by atoms with Crippen LogP contribution in [0.4, 0.5) is 0 Å². The third kappa shape index (κ3) is 3.17. The summed E-state index contributed by atoms with van der Waals surface area (Å²) in [6.45, 7) is 6.83. The Hall–Kier alpha value is 0.558. The van der Waals surface area contributed by atoms with E-state index in [-0.39, 0.29) is 0 Å². The zero-order valence-corrected chi connectivity index (χ0v) is 7.86. The van der Waals surface area contributed by atoms with Crippen molar-refractivity contribution in [2.45, 2.75) is 31.9 Å². The quantitative estimate of drug-likeness (QED) is 0.539. The van der Waals surface area contributed by atoms with Gasteiger partial charge in [0.05, 0.1) is 0 Å². The van der Waals surface area contributed by atoms with Gasteiger partial charge in [0.25, 0.3) is 0 Å². The van der Waals surface area contributed by atoms with Gasteiger partial charge in [0, 0.05) is 0 Å². The molecule has 0 aromatic carbocycles. The van der Waals surface area contributed by atoms with Crippen molar-refractivity contribution in [2.75, 3.05) is 0 Å². The third-order valence-corrected chi connectivity index (χ3v) is 3.93. The van der Waals surface area contributed by atoms with Crippen molar-refractivity contribution >= 4 is 16.9 Å². The molecule has 2 unspecified atom stereocenters. The molecule has 0 amide bonds. The van der Waals surface area contributed by atoms with Gasteiger partial charge in [0.15, 0.2) is 0 Å². The normalized spacial score (nSPS) is 15.0. The summed E-state index contributed by atoms with van der Waals surface area (Å²) in [6, 6.07) is 0. The molecule has 0 heterocycles. The average molecular weight is 162 g/mol. The van der Waals surface area contributed by atoms with Crippen molar-refractivity contribution in [3.8, 4) is 0 Å². The molecule has 0 radical (unpaired) electrons. The molecule has 0 nitrogen and oxygen atoms in total. The van der Waals surface area contributed by atoms with E-state index in [4.69, 9.17) is 0 Å². The molecule has 0 saturated heterocycles. The molecule has 0 bridgehead atoms. The first kappa shape index (κ1) is 7.56. The van der Waals surface area contributed by atoms with Crippen LogP contribution in [0.2, 0.25) is 4.71 Å². The zero-order chi connectivity index (χ0) is 5.86. The SMILES string of the molecule is CCC([AsH2])C(C)C. The minimum absolute atomic E-state index is 0.894. The first-order valence-corrected chi connectivity index (χ1v) is 4.34. The van der Waals surface area contributed by atoms with Crippen molar-refractivity contribution in [3.05, 3.63) is 0 Å². The second-order valence-electron chi connectivity index (χ2n) is 2.32. The second kappa shape index (κ2) is 3.55. The Kier molecular flexibility index (Phi) is 3.83. The van der Waals surface area contributed by atoms with Gasteiger partial charge in [-0.05, 0) is 0 Å². The van der Waals surface area contributed by atoms with E-state index < -0.39 is 0 Å². The topological polar surface area (TPSA) is 0 Å². The van der Waals surface area contributed by atoms with Gasteiger partial charge in [0.1, 0.15) is 0 Å². The number of rotatable bonds is 2. The van der Waals surface area contributed by atoms with E-state index in [0.29, 0.717) is 0 Å². The summed E-state index contributed by atoms with van der Waals surface area (Å²) in [6.07, 6.45) is 1.34. The standard InChI is InChI=1S/C6H15As/c1-4-6(7)5(2)3/h5-6H,4,7H2,1-3H3. The Bertz CT molecular complexity index is 41.4. The first-order chi connectivity index (χ1) is 3.18. The summed E-state index contributed by atoms with van der Waals surface area (Å²) in [7, 11) is 0. The summed E-state index contributed by atoms with van der Waals surface area (Å²) in [5.74, 6) is 0.894. The van der Waals surface area contributed by atoms with E-state index >= 15 is 0 Å². The summed E-state index contributed by atoms with van der Waals surface area (Å²) in [4.78, 5) is 0. The summed E-state index contributed by atoms with van der Waals surface area (Å²) in [5.41, 5.74) is 0. The van der Waals surface area contributed by atoms with Crippen molar-refractivity contribution in [1.82, 2.24) is 0 Å². The summed E-state index contributed by atoms with van der Waals surface area (Å²) in [5, 5.41) is 0. The molecule has 0 aliphatic rings. The molecule has 7 heavy (non-hydrogen) atoms. The summed E-state index contributed by atoms with van der Waals surface area (Å²) < 4.78 is 0.965. The predicted octanol–water partition coefficient (Wildman–Crippen LogP) is 1.47. The Morgan fingerprint density at radius 3 is 1.86 bits per heavy atom. The Morgan fingerprint density at radius 1 is 1.43 bits per heavy atom. The van der Waals surface area contributed by atoms with Crippen LogP contribution in [0.1, 0.15) is 27.2 Å². The fraction of sp³-hybridized carbons (Fsp3) is 1.00. The van der Waals surface area contributed by atoms with Crippen molar-refractivity contribution in [2.24, 2.45) is 5.92 Å². The molecule has 0 aromatic rings. The van der Waals surface area contributed by atoms with Gasteiger partial charge in [-0.15, -0.1) is 0 Å². The van der Waals surface area contributed by atoms with E-state index in [1.807, 2.05) is 16.9 Å². The monoisotopic (exact) mass is 162 g/mol. The van der Waals surface area contributed by atoms with E-state index in [1.54, 1.807) is 0 Å². The van der Waals surface area contributed by atoms with Gasteiger partial charge in [-0.3, -0.25) is 0 Å². The molecule has 0 saturated carbocycles.